The van der Waals surface area contributed by atoms with Crippen molar-refractivity contribution in [3.8, 4) is 0 Å². The maximum atomic E-state index is 4.76. The van der Waals surface area contributed by atoms with Crippen molar-refractivity contribution in [2.75, 3.05) is 6.54 Å². The molecule has 0 saturated carbocycles. The SMILES string of the molecule is CCCCN=c1ccn(Cc2ccccc2)c2ccccc12. The average molecular weight is 290 g/mol. The largest absolute Gasteiger partial charge is 0.343 e. The van der Waals surface area contributed by atoms with Crippen LogP contribution in [0.25, 0.3) is 10.9 Å². The quantitative estimate of drug-likeness (QED) is 0.620. The zero-order chi connectivity index (χ0) is 15.2. The third-order valence-corrected chi connectivity index (χ3v) is 3.89. The highest BCUT2D eigenvalue weighted by Gasteiger charge is 2.01. The molecule has 0 N–H and O–H groups in total. The molecule has 0 spiro atoms. The van der Waals surface area contributed by atoms with Gasteiger partial charge in [-0.05, 0) is 24.1 Å². The molecule has 2 heteroatoms. The summed E-state index contributed by atoms with van der Waals surface area (Å²) in [4.78, 5) is 4.76. The first-order valence-corrected chi connectivity index (χ1v) is 8.01. The van der Waals surface area contributed by atoms with E-state index in [9.17, 15) is 0 Å². The molecule has 0 unspecified atom stereocenters. The van der Waals surface area contributed by atoms with Crippen LogP contribution in [0.15, 0.2) is 71.9 Å². The Morgan fingerprint density at radius 3 is 2.50 bits per heavy atom. The van der Waals surface area contributed by atoms with Gasteiger partial charge < -0.3 is 4.57 Å². The van der Waals surface area contributed by atoms with Crippen LogP contribution in [0, 0.1) is 0 Å². The molecule has 1 aromatic heterocycles. The van der Waals surface area contributed by atoms with Crippen molar-refractivity contribution >= 4 is 10.9 Å². The Hall–Kier alpha value is -2.35. The molecule has 0 bridgehead atoms. The molecule has 1 heterocycles. The maximum Gasteiger partial charge on any atom is 0.0682 e. The van der Waals surface area contributed by atoms with Gasteiger partial charge >= 0.3 is 0 Å². The van der Waals surface area contributed by atoms with Gasteiger partial charge in [-0.2, -0.15) is 0 Å². The van der Waals surface area contributed by atoms with Gasteiger partial charge in [-0.25, -0.2) is 0 Å². The summed E-state index contributed by atoms with van der Waals surface area (Å²) < 4.78 is 2.30. The topological polar surface area (TPSA) is 17.3 Å². The molecule has 0 fully saturated rings. The highest BCUT2D eigenvalue weighted by molar-refractivity contribution is 5.78. The molecule has 0 atom stereocenters. The molecule has 0 saturated heterocycles. The van der Waals surface area contributed by atoms with E-state index < -0.39 is 0 Å². The fourth-order valence-electron chi connectivity index (χ4n) is 2.68. The van der Waals surface area contributed by atoms with E-state index in [0.717, 1.165) is 24.9 Å². The van der Waals surface area contributed by atoms with Gasteiger partial charge in [0.1, 0.15) is 0 Å². The van der Waals surface area contributed by atoms with Crippen LogP contribution in [-0.2, 0) is 6.54 Å². The van der Waals surface area contributed by atoms with Gasteiger partial charge in [0.25, 0.3) is 0 Å². The minimum atomic E-state index is 0.886. The van der Waals surface area contributed by atoms with Crippen LogP contribution >= 0.6 is 0 Å². The van der Waals surface area contributed by atoms with Gasteiger partial charge in [-0.15, -0.1) is 0 Å². The molecule has 3 rings (SSSR count). The molecule has 2 nitrogen and oxygen atoms in total. The smallest absolute Gasteiger partial charge is 0.0682 e. The molecule has 0 radical (unpaired) electrons. The van der Waals surface area contributed by atoms with E-state index in [4.69, 9.17) is 4.99 Å². The predicted octanol–water partition coefficient (Wildman–Crippen LogP) is 4.39. The summed E-state index contributed by atoms with van der Waals surface area (Å²) in [5.74, 6) is 0. The molecule has 0 aliphatic rings. The summed E-state index contributed by atoms with van der Waals surface area (Å²) in [7, 11) is 0. The fourth-order valence-corrected chi connectivity index (χ4v) is 2.68. The summed E-state index contributed by atoms with van der Waals surface area (Å²) >= 11 is 0. The highest BCUT2D eigenvalue weighted by atomic mass is 14.9. The Morgan fingerprint density at radius 1 is 0.909 bits per heavy atom. The van der Waals surface area contributed by atoms with E-state index in [1.54, 1.807) is 0 Å². The molecule has 0 aliphatic carbocycles. The fraction of sp³-hybridized carbons (Fsp3) is 0.250. The van der Waals surface area contributed by atoms with Gasteiger partial charge in [0, 0.05) is 24.7 Å². The van der Waals surface area contributed by atoms with Crippen LogP contribution < -0.4 is 5.36 Å². The van der Waals surface area contributed by atoms with Gasteiger partial charge in [-0.3, -0.25) is 4.99 Å². The lowest BCUT2D eigenvalue weighted by atomic mass is 10.1. The lowest BCUT2D eigenvalue weighted by molar-refractivity contribution is 0.791. The standard InChI is InChI=1S/C20H22N2/c1-2-3-14-21-19-13-15-22(16-17-9-5-4-6-10-17)20-12-8-7-11-18(19)20/h4-13,15H,2-3,14,16H2,1H3. The molecular weight excluding hydrogens is 268 g/mol. The van der Waals surface area contributed by atoms with Gasteiger partial charge in [0.15, 0.2) is 0 Å². The first-order chi connectivity index (χ1) is 10.9. The number of benzene rings is 2. The van der Waals surface area contributed by atoms with E-state index in [2.05, 4.69) is 78.4 Å². The summed E-state index contributed by atoms with van der Waals surface area (Å²) in [5.41, 5.74) is 2.55. The number of pyridine rings is 1. The summed E-state index contributed by atoms with van der Waals surface area (Å²) in [5, 5.41) is 2.34. The van der Waals surface area contributed by atoms with Crippen molar-refractivity contribution in [3.63, 3.8) is 0 Å². The molecule has 2 aromatic carbocycles. The number of hydrogen-bond donors (Lipinski definition) is 0. The Labute approximate surface area is 131 Å². The van der Waals surface area contributed by atoms with E-state index in [1.165, 1.54) is 22.9 Å². The maximum absolute atomic E-state index is 4.76. The van der Waals surface area contributed by atoms with E-state index in [-0.39, 0.29) is 0 Å². The van der Waals surface area contributed by atoms with E-state index in [0.29, 0.717) is 0 Å². The van der Waals surface area contributed by atoms with Crippen molar-refractivity contribution in [1.29, 1.82) is 0 Å². The average Bonchev–Trinajstić information content (AvgIpc) is 2.58. The lowest BCUT2D eigenvalue weighted by Crippen LogP contribution is -2.10. The monoisotopic (exact) mass is 290 g/mol. The van der Waals surface area contributed by atoms with Crippen LogP contribution in [0.3, 0.4) is 0 Å². The van der Waals surface area contributed by atoms with Crippen molar-refractivity contribution in [2.24, 2.45) is 4.99 Å². The number of para-hydroxylation sites is 1. The van der Waals surface area contributed by atoms with Crippen molar-refractivity contribution in [3.05, 3.63) is 77.8 Å². The Kier molecular flexibility index (Phi) is 4.69. The predicted molar refractivity (Wildman–Crippen MR) is 92.8 cm³/mol. The number of fused-ring (bicyclic) bond motifs is 1. The van der Waals surface area contributed by atoms with Crippen LogP contribution in [0.4, 0.5) is 0 Å². The summed E-state index contributed by atoms with van der Waals surface area (Å²) in [6, 6.07) is 21.2. The van der Waals surface area contributed by atoms with Crippen molar-refractivity contribution in [1.82, 2.24) is 4.57 Å². The third kappa shape index (κ3) is 3.28. The molecule has 3 aromatic rings. The van der Waals surface area contributed by atoms with Crippen LogP contribution in [-0.4, -0.2) is 11.1 Å². The zero-order valence-electron chi connectivity index (χ0n) is 13.1. The van der Waals surface area contributed by atoms with E-state index >= 15 is 0 Å². The molecule has 112 valence electrons. The first kappa shape index (κ1) is 14.6. The van der Waals surface area contributed by atoms with Crippen LogP contribution in [0.5, 0.6) is 0 Å². The highest BCUT2D eigenvalue weighted by Crippen LogP contribution is 2.12. The van der Waals surface area contributed by atoms with E-state index in [1.807, 2.05) is 0 Å². The lowest BCUT2D eigenvalue weighted by Gasteiger charge is -2.11. The van der Waals surface area contributed by atoms with Crippen LogP contribution in [0.2, 0.25) is 0 Å². The first-order valence-electron chi connectivity index (χ1n) is 8.01. The van der Waals surface area contributed by atoms with Crippen molar-refractivity contribution < 1.29 is 0 Å². The third-order valence-electron chi connectivity index (χ3n) is 3.89. The number of nitrogens with zero attached hydrogens (tertiary/aromatic N) is 2. The van der Waals surface area contributed by atoms with Crippen molar-refractivity contribution in [2.45, 2.75) is 26.3 Å². The van der Waals surface area contributed by atoms with Crippen LogP contribution in [0.1, 0.15) is 25.3 Å². The molecule has 0 amide bonds. The number of aromatic nitrogens is 1. The zero-order valence-corrected chi connectivity index (χ0v) is 13.1. The second kappa shape index (κ2) is 7.08. The summed E-state index contributed by atoms with van der Waals surface area (Å²) in [6.07, 6.45) is 4.48. The number of unbranched alkanes of at least 4 members (excludes halogenated alkanes) is 1. The van der Waals surface area contributed by atoms with Gasteiger partial charge in [0.2, 0.25) is 0 Å². The minimum Gasteiger partial charge on any atom is -0.343 e. The normalized spacial score (nSPS) is 12.0. The Morgan fingerprint density at radius 2 is 1.68 bits per heavy atom. The molecule has 0 aliphatic heterocycles. The minimum absolute atomic E-state index is 0.886. The van der Waals surface area contributed by atoms with Gasteiger partial charge in [0.05, 0.1) is 10.9 Å². The number of hydrogen-bond acceptors (Lipinski definition) is 1. The summed E-state index contributed by atoms with van der Waals surface area (Å²) in [6.45, 7) is 3.99. The molecular formula is C20H22N2. The number of rotatable bonds is 5. The second-order valence-electron chi connectivity index (χ2n) is 5.57. The Balaban J connectivity index is 2.03. The second-order valence-corrected chi connectivity index (χ2v) is 5.57. The Bertz CT molecular complexity index is 801. The van der Waals surface area contributed by atoms with Gasteiger partial charge in [-0.1, -0.05) is 61.9 Å². The molecule has 22 heavy (non-hydrogen) atoms.